The van der Waals surface area contributed by atoms with Crippen molar-refractivity contribution >= 4 is 16.9 Å². The van der Waals surface area contributed by atoms with Crippen LogP contribution >= 0.6 is 0 Å². The lowest BCUT2D eigenvalue weighted by Crippen LogP contribution is -2.02. The molecule has 0 atom stereocenters. The van der Waals surface area contributed by atoms with Crippen LogP contribution in [0.3, 0.4) is 0 Å². The number of rotatable bonds is 3. The van der Waals surface area contributed by atoms with E-state index < -0.39 is 12.6 Å². The summed E-state index contributed by atoms with van der Waals surface area (Å²) in [6.45, 7) is -2.91. The van der Waals surface area contributed by atoms with Crippen molar-refractivity contribution in [3.8, 4) is 5.75 Å². The molecule has 0 fully saturated rings. The lowest BCUT2D eigenvalue weighted by molar-refractivity contribution is -0.0489. The SMILES string of the molecule is COC(=O)c1c[nH]c2c(OC(F)F)cccc12. The Morgan fingerprint density at radius 3 is 2.82 bits per heavy atom. The molecular weight excluding hydrogens is 232 g/mol. The number of fused-ring (bicyclic) bond motifs is 1. The number of para-hydroxylation sites is 1. The van der Waals surface area contributed by atoms with Gasteiger partial charge in [0.2, 0.25) is 0 Å². The Morgan fingerprint density at radius 2 is 2.18 bits per heavy atom. The summed E-state index contributed by atoms with van der Waals surface area (Å²) in [6, 6.07) is 4.54. The van der Waals surface area contributed by atoms with Gasteiger partial charge in [-0.15, -0.1) is 0 Å². The number of carbonyl (C=O) groups excluding carboxylic acids is 1. The molecule has 0 unspecified atom stereocenters. The predicted octanol–water partition coefficient (Wildman–Crippen LogP) is 2.56. The number of esters is 1. The van der Waals surface area contributed by atoms with Gasteiger partial charge in [-0.3, -0.25) is 0 Å². The molecule has 0 radical (unpaired) electrons. The molecule has 2 aromatic rings. The summed E-state index contributed by atoms with van der Waals surface area (Å²) in [5, 5.41) is 0.481. The number of benzene rings is 1. The van der Waals surface area contributed by atoms with Crippen LogP contribution < -0.4 is 4.74 Å². The zero-order valence-corrected chi connectivity index (χ0v) is 8.87. The summed E-state index contributed by atoms with van der Waals surface area (Å²) in [4.78, 5) is 14.1. The molecule has 2 rings (SSSR count). The fourth-order valence-corrected chi connectivity index (χ4v) is 1.60. The summed E-state index contributed by atoms with van der Waals surface area (Å²) in [5.41, 5.74) is 0.621. The molecule has 1 aromatic heterocycles. The second-order valence-electron chi connectivity index (χ2n) is 3.25. The number of ether oxygens (including phenoxy) is 2. The molecule has 0 saturated carbocycles. The maximum absolute atomic E-state index is 12.2. The van der Waals surface area contributed by atoms with E-state index >= 15 is 0 Å². The molecule has 6 heteroatoms. The minimum atomic E-state index is -2.91. The number of H-pyrrole nitrogens is 1. The molecule has 1 aromatic carbocycles. The number of hydrogen-bond donors (Lipinski definition) is 1. The van der Waals surface area contributed by atoms with Gasteiger partial charge in [0.1, 0.15) is 5.75 Å². The van der Waals surface area contributed by atoms with E-state index in [9.17, 15) is 13.6 Å². The summed E-state index contributed by atoms with van der Waals surface area (Å²) >= 11 is 0. The van der Waals surface area contributed by atoms with Crippen LogP contribution in [0.15, 0.2) is 24.4 Å². The Kier molecular flexibility index (Phi) is 2.95. The van der Waals surface area contributed by atoms with Crippen molar-refractivity contribution in [2.45, 2.75) is 6.61 Å². The normalized spacial score (nSPS) is 10.8. The van der Waals surface area contributed by atoms with E-state index in [-0.39, 0.29) is 11.3 Å². The monoisotopic (exact) mass is 241 g/mol. The number of nitrogens with one attached hydrogen (secondary N) is 1. The fourth-order valence-electron chi connectivity index (χ4n) is 1.60. The highest BCUT2D eigenvalue weighted by molar-refractivity contribution is 6.05. The summed E-state index contributed by atoms with van der Waals surface area (Å²) in [7, 11) is 1.25. The van der Waals surface area contributed by atoms with Crippen LogP contribution in [0.4, 0.5) is 8.78 Å². The van der Waals surface area contributed by atoms with Crippen LogP contribution in [0.2, 0.25) is 0 Å². The third-order valence-corrected chi connectivity index (χ3v) is 2.30. The molecule has 0 spiro atoms. The van der Waals surface area contributed by atoms with Crippen molar-refractivity contribution in [2.75, 3.05) is 7.11 Å². The van der Waals surface area contributed by atoms with Gasteiger partial charge in [-0.05, 0) is 6.07 Å². The first-order valence-electron chi connectivity index (χ1n) is 4.76. The van der Waals surface area contributed by atoms with E-state index in [4.69, 9.17) is 0 Å². The van der Waals surface area contributed by atoms with E-state index in [1.807, 2.05) is 0 Å². The highest BCUT2D eigenvalue weighted by atomic mass is 19.3. The zero-order valence-electron chi connectivity index (χ0n) is 8.87. The standard InChI is InChI=1S/C11H9F2NO3/c1-16-10(15)7-5-14-9-6(7)3-2-4-8(9)17-11(12)13/h2-5,11,14H,1H3. The first kappa shape index (κ1) is 11.4. The number of aromatic nitrogens is 1. The quantitative estimate of drug-likeness (QED) is 0.840. The van der Waals surface area contributed by atoms with Crippen molar-refractivity contribution in [1.82, 2.24) is 4.98 Å². The van der Waals surface area contributed by atoms with E-state index in [1.54, 1.807) is 6.07 Å². The third kappa shape index (κ3) is 2.06. The lowest BCUT2D eigenvalue weighted by Gasteiger charge is -2.05. The maximum Gasteiger partial charge on any atom is 0.387 e. The molecule has 1 N–H and O–H groups in total. The average molecular weight is 241 g/mol. The smallest absolute Gasteiger partial charge is 0.387 e. The first-order valence-corrected chi connectivity index (χ1v) is 4.76. The minimum absolute atomic E-state index is 0.00680. The van der Waals surface area contributed by atoms with Gasteiger partial charge in [-0.25, -0.2) is 4.79 Å². The van der Waals surface area contributed by atoms with Gasteiger partial charge in [0.15, 0.2) is 0 Å². The van der Waals surface area contributed by atoms with Crippen LogP contribution in [-0.2, 0) is 4.74 Å². The molecule has 0 amide bonds. The Morgan fingerprint density at radius 1 is 1.41 bits per heavy atom. The minimum Gasteiger partial charge on any atom is -0.465 e. The van der Waals surface area contributed by atoms with Crippen LogP contribution in [0.25, 0.3) is 10.9 Å². The van der Waals surface area contributed by atoms with Gasteiger partial charge in [0.05, 0.1) is 18.2 Å². The molecule has 1 heterocycles. The summed E-state index contributed by atoms with van der Waals surface area (Å²) in [6.07, 6.45) is 1.40. The molecule has 90 valence electrons. The Balaban J connectivity index is 2.52. The molecule has 0 aliphatic carbocycles. The molecule has 4 nitrogen and oxygen atoms in total. The van der Waals surface area contributed by atoms with Gasteiger partial charge in [-0.1, -0.05) is 12.1 Å². The number of carbonyl (C=O) groups is 1. The van der Waals surface area contributed by atoms with Gasteiger partial charge < -0.3 is 14.5 Å². The Labute approximate surface area is 95.1 Å². The van der Waals surface area contributed by atoms with Crippen LogP contribution in [0.1, 0.15) is 10.4 Å². The second kappa shape index (κ2) is 4.40. The predicted molar refractivity (Wildman–Crippen MR) is 56.3 cm³/mol. The molecule has 0 aliphatic heterocycles. The topological polar surface area (TPSA) is 51.3 Å². The van der Waals surface area contributed by atoms with Crippen molar-refractivity contribution < 1.29 is 23.0 Å². The largest absolute Gasteiger partial charge is 0.465 e. The number of halogens is 2. The van der Waals surface area contributed by atoms with Crippen molar-refractivity contribution in [2.24, 2.45) is 0 Å². The van der Waals surface area contributed by atoms with Crippen LogP contribution in [0.5, 0.6) is 5.75 Å². The molecule has 0 saturated heterocycles. The molecule has 17 heavy (non-hydrogen) atoms. The number of methoxy groups -OCH3 is 1. The molecular formula is C11H9F2NO3. The highest BCUT2D eigenvalue weighted by Crippen LogP contribution is 2.28. The second-order valence-corrected chi connectivity index (χ2v) is 3.25. The Bertz CT molecular complexity index is 551. The fraction of sp³-hybridized carbons (Fsp3) is 0.182. The molecule has 0 aliphatic rings. The number of aromatic amines is 1. The van der Waals surface area contributed by atoms with Gasteiger partial charge in [0.25, 0.3) is 0 Å². The van der Waals surface area contributed by atoms with Gasteiger partial charge in [0, 0.05) is 11.6 Å². The van der Waals surface area contributed by atoms with Crippen molar-refractivity contribution in [3.63, 3.8) is 0 Å². The third-order valence-electron chi connectivity index (χ3n) is 2.30. The Hall–Kier alpha value is -2.11. The lowest BCUT2D eigenvalue weighted by atomic mass is 10.1. The van der Waals surface area contributed by atoms with E-state index in [1.165, 1.54) is 25.4 Å². The van der Waals surface area contributed by atoms with E-state index in [0.717, 1.165) is 0 Å². The van der Waals surface area contributed by atoms with Crippen LogP contribution in [-0.4, -0.2) is 24.7 Å². The van der Waals surface area contributed by atoms with E-state index in [0.29, 0.717) is 10.9 Å². The zero-order chi connectivity index (χ0) is 12.4. The molecule has 0 bridgehead atoms. The van der Waals surface area contributed by atoms with Crippen molar-refractivity contribution in [1.29, 1.82) is 0 Å². The van der Waals surface area contributed by atoms with Gasteiger partial charge in [-0.2, -0.15) is 8.78 Å². The average Bonchev–Trinajstić information content (AvgIpc) is 2.72. The van der Waals surface area contributed by atoms with Crippen LogP contribution in [0, 0.1) is 0 Å². The summed E-state index contributed by atoms with van der Waals surface area (Å²) in [5.74, 6) is -0.543. The van der Waals surface area contributed by atoms with Crippen molar-refractivity contribution in [3.05, 3.63) is 30.0 Å². The number of alkyl halides is 2. The first-order chi connectivity index (χ1) is 8.13. The van der Waals surface area contributed by atoms with E-state index in [2.05, 4.69) is 14.5 Å². The summed E-state index contributed by atoms with van der Waals surface area (Å²) < 4.78 is 33.2. The highest BCUT2D eigenvalue weighted by Gasteiger charge is 2.16. The number of hydrogen-bond acceptors (Lipinski definition) is 3. The maximum atomic E-state index is 12.2. The van der Waals surface area contributed by atoms with Gasteiger partial charge >= 0.3 is 12.6 Å².